The van der Waals surface area contributed by atoms with Crippen LogP contribution in [0, 0.1) is 0 Å². The lowest BCUT2D eigenvalue weighted by Crippen LogP contribution is -2.15. The zero-order chi connectivity index (χ0) is 14.7. The second-order valence-corrected chi connectivity index (χ2v) is 5.69. The van der Waals surface area contributed by atoms with Gasteiger partial charge < -0.3 is 10.4 Å². The number of rotatable bonds is 4. The highest BCUT2D eigenvalue weighted by atomic mass is 35.5. The molecule has 104 valence electrons. The average Bonchev–Trinajstić information content (AvgIpc) is 2.81. The maximum atomic E-state index is 11.9. The largest absolute Gasteiger partial charge is 0.477 e. The van der Waals surface area contributed by atoms with E-state index in [2.05, 4.69) is 5.32 Å². The SMILES string of the molecule is O=C(Cc1ccc(Cl)cc1Cl)Nc1ccsc1C(=O)O. The lowest BCUT2D eigenvalue weighted by molar-refractivity contribution is -0.115. The highest BCUT2D eigenvalue weighted by molar-refractivity contribution is 7.12. The van der Waals surface area contributed by atoms with E-state index in [1.807, 2.05) is 0 Å². The quantitative estimate of drug-likeness (QED) is 0.892. The summed E-state index contributed by atoms with van der Waals surface area (Å²) in [5.41, 5.74) is 0.915. The van der Waals surface area contributed by atoms with Gasteiger partial charge >= 0.3 is 5.97 Å². The third-order valence-corrected chi connectivity index (χ3v) is 3.99. The van der Waals surface area contributed by atoms with Crippen LogP contribution in [0.5, 0.6) is 0 Å². The number of carboxylic acid groups (broad SMARTS) is 1. The number of benzene rings is 1. The summed E-state index contributed by atoms with van der Waals surface area (Å²) in [5, 5.41) is 14.0. The van der Waals surface area contributed by atoms with Gasteiger partial charge in [0.1, 0.15) is 4.88 Å². The van der Waals surface area contributed by atoms with Crippen molar-refractivity contribution in [2.24, 2.45) is 0 Å². The molecule has 0 bridgehead atoms. The van der Waals surface area contributed by atoms with Gasteiger partial charge in [0.2, 0.25) is 5.91 Å². The molecule has 20 heavy (non-hydrogen) atoms. The number of carbonyl (C=O) groups excluding carboxylic acids is 1. The second-order valence-electron chi connectivity index (χ2n) is 3.93. The topological polar surface area (TPSA) is 66.4 Å². The van der Waals surface area contributed by atoms with Crippen molar-refractivity contribution in [1.29, 1.82) is 0 Å². The summed E-state index contributed by atoms with van der Waals surface area (Å²) in [4.78, 5) is 22.9. The van der Waals surface area contributed by atoms with Crippen LogP contribution in [0.3, 0.4) is 0 Å². The van der Waals surface area contributed by atoms with E-state index in [4.69, 9.17) is 28.3 Å². The molecule has 0 aliphatic heterocycles. The fraction of sp³-hybridized carbons (Fsp3) is 0.0769. The van der Waals surface area contributed by atoms with Crippen LogP contribution in [-0.2, 0) is 11.2 Å². The minimum absolute atomic E-state index is 0.0465. The van der Waals surface area contributed by atoms with Crippen molar-refractivity contribution in [3.05, 3.63) is 50.1 Å². The van der Waals surface area contributed by atoms with Gasteiger partial charge in [-0.1, -0.05) is 29.3 Å². The fourth-order valence-electron chi connectivity index (χ4n) is 1.61. The van der Waals surface area contributed by atoms with Crippen molar-refractivity contribution in [2.45, 2.75) is 6.42 Å². The highest BCUT2D eigenvalue weighted by Gasteiger charge is 2.15. The van der Waals surface area contributed by atoms with E-state index in [9.17, 15) is 9.59 Å². The summed E-state index contributed by atoms with van der Waals surface area (Å²) in [6, 6.07) is 6.41. The maximum absolute atomic E-state index is 11.9. The molecule has 7 heteroatoms. The minimum Gasteiger partial charge on any atom is -0.477 e. The molecule has 2 N–H and O–H groups in total. The van der Waals surface area contributed by atoms with Crippen molar-refractivity contribution >= 4 is 52.1 Å². The summed E-state index contributed by atoms with van der Waals surface area (Å²) in [6.45, 7) is 0. The van der Waals surface area contributed by atoms with E-state index in [0.717, 1.165) is 11.3 Å². The number of thiophene rings is 1. The first-order valence-electron chi connectivity index (χ1n) is 5.52. The molecule has 0 atom stereocenters. The van der Waals surface area contributed by atoms with Crippen molar-refractivity contribution in [2.75, 3.05) is 5.32 Å². The predicted molar refractivity (Wildman–Crippen MR) is 80.1 cm³/mol. The Labute approximate surface area is 128 Å². The Hall–Kier alpha value is -1.56. The Morgan fingerprint density at radius 3 is 2.65 bits per heavy atom. The lowest BCUT2D eigenvalue weighted by atomic mass is 10.1. The third kappa shape index (κ3) is 3.50. The molecule has 0 spiro atoms. The van der Waals surface area contributed by atoms with E-state index < -0.39 is 5.97 Å². The van der Waals surface area contributed by atoms with Gasteiger partial charge in [0.05, 0.1) is 12.1 Å². The summed E-state index contributed by atoms with van der Waals surface area (Å²) in [5.74, 6) is -1.41. The first-order valence-corrected chi connectivity index (χ1v) is 7.15. The third-order valence-electron chi connectivity index (χ3n) is 2.50. The summed E-state index contributed by atoms with van der Waals surface area (Å²) in [7, 11) is 0. The molecule has 0 unspecified atom stereocenters. The molecule has 2 rings (SSSR count). The molecule has 1 aromatic carbocycles. The highest BCUT2D eigenvalue weighted by Crippen LogP contribution is 2.24. The van der Waals surface area contributed by atoms with Gasteiger partial charge in [0.15, 0.2) is 0 Å². The molecule has 1 amide bonds. The van der Waals surface area contributed by atoms with Crippen LogP contribution in [0.1, 0.15) is 15.2 Å². The molecule has 0 aliphatic rings. The monoisotopic (exact) mass is 329 g/mol. The van der Waals surface area contributed by atoms with Gasteiger partial charge in [-0.2, -0.15) is 0 Å². The zero-order valence-electron chi connectivity index (χ0n) is 10.0. The molecule has 1 heterocycles. The molecule has 1 aromatic heterocycles. The Morgan fingerprint density at radius 1 is 1.25 bits per heavy atom. The molecular formula is C13H9Cl2NO3S. The Kier molecular flexibility index (Phi) is 4.65. The standard InChI is InChI=1S/C13H9Cl2NO3S/c14-8-2-1-7(9(15)6-8)5-11(17)16-10-3-4-20-12(10)13(18)19/h1-4,6H,5H2,(H,16,17)(H,18,19). The van der Waals surface area contributed by atoms with Crippen LogP contribution in [-0.4, -0.2) is 17.0 Å². The van der Waals surface area contributed by atoms with Crippen LogP contribution in [0.4, 0.5) is 5.69 Å². The fourth-order valence-corrected chi connectivity index (χ4v) is 2.77. The summed E-state index contributed by atoms with van der Waals surface area (Å²) >= 11 is 12.8. The molecule has 0 radical (unpaired) electrons. The van der Waals surface area contributed by atoms with Crippen LogP contribution in [0.15, 0.2) is 29.6 Å². The number of carbonyl (C=O) groups is 2. The van der Waals surface area contributed by atoms with Gasteiger partial charge in [-0.05, 0) is 29.1 Å². The minimum atomic E-state index is -1.07. The smallest absolute Gasteiger partial charge is 0.348 e. The Morgan fingerprint density at radius 2 is 2.00 bits per heavy atom. The van der Waals surface area contributed by atoms with Crippen LogP contribution in [0.2, 0.25) is 10.0 Å². The molecular weight excluding hydrogens is 321 g/mol. The first-order chi connectivity index (χ1) is 9.47. The van der Waals surface area contributed by atoms with Crippen molar-refractivity contribution in [1.82, 2.24) is 0 Å². The first kappa shape index (κ1) is 14.8. The summed E-state index contributed by atoms with van der Waals surface area (Å²) < 4.78 is 0. The van der Waals surface area contributed by atoms with E-state index in [0.29, 0.717) is 15.6 Å². The van der Waals surface area contributed by atoms with Crippen LogP contribution >= 0.6 is 34.5 Å². The number of anilines is 1. The molecule has 0 fully saturated rings. The van der Waals surface area contributed by atoms with Crippen molar-refractivity contribution in [3.63, 3.8) is 0 Å². The van der Waals surface area contributed by atoms with Crippen LogP contribution < -0.4 is 5.32 Å². The van der Waals surface area contributed by atoms with Crippen LogP contribution in [0.25, 0.3) is 0 Å². The summed E-state index contributed by atoms with van der Waals surface area (Å²) in [6.07, 6.45) is 0.0465. The zero-order valence-corrected chi connectivity index (χ0v) is 12.4. The average molecular weight is 330 g/mol. The number of hydrogen-bond donors (Lipinski definition) is 2. The Bertz CT molecular complexity index is 669. The van der Waals surface area contributed by atoms with E-state index in [1.54, 1.807) is 29.6 Å². The Balaban J connectivity index is 2.09. The van der Waals surface area contributed by atoms with Crippen molar-refractivity contribution < 1.29 is 14.7 Å². The molecule has 4 nitrogen and oxygen atoms in total. The molecule has 0 saturated heterocycles. The second kappa shape index (κ2) is 6.26. The van der Waals surface area contributed by atoms with Gasteiger partial charge in [-0.3, -0.25) is 4.79 Å². The van der Waals surface area contributed by atoms with E-state index in [1.165, 1.54) is 0 Å². The number of halogens is 2. The van der Waals surface area contributed by atoms with Gasteiger partial charge in [-0.15, -0.1) is 11.3 Å². The molecule has 2 aromatic rings. The molecule has 0 aliphatic carbocycles. The van der Waals surface area contributed by atoms with E-state index in [-0.39, 0.29) is 22.9 Å². The number of hydrogen-bond acceptors (Lipinski definition) is 3. The molecule has 0 saturated carbocycles. The predicted octanol–water partition coefficient (Wildman–Crippen LogP) is 3.93. The number of aromatic carboxylic acids is 1. The van der Waals surface area contributed by atoms with Gasteiger partial charge in [0.25, 0.3) is 0 Å². The number of nitrogens with one attached hydrogen (secondary N) is 1. The van der Waals surface area contributed by atoms with E-state index >= 15 is 0 Å². The lowest BCUT2D eigenvalue weighted by Gasteiger charge is -2.06. The number of carboxylic acids is 1. The van der Waals surface area contributed by atoms with Gasteiger partial charge in [0, 0.05) is 10.0 Å². The maximum Gasteiger partial charge on any atom is 0.348 e. The van der Waals surface area contributed by atoms with Crippen molar-refractivity contribution in [3.8, 4) is 0 Å². The number of amides is 1. The normalized spacial score (nSPS) is 10.3. The van der Waals surface area contributed by atoms with Gasteiger partial charge in [-0.25, -0.2) is 4.79 Å².